The van der Waals surface area contributed by atoms with Crippen LogP contribution in [0.3, 0.4) is 0 Å². The number of nitrogens with two attached hydrogens (primary N) is 2. The fourth-order valence-corrected chi connectivity index (χ4v) is 0.370. The highest BCUT2D eigenvalue weighted by Crippen LogP contribution is 1.98. The lowest BCUT2D eigenvalue weighted by Gasteiger charge is -1.98. The summed E-state index contributed by atoms with van der Waals surface area (Å²) in [5.41, 5.74) is 9.53. The van der Waals surface area contributed by atoms with Crippen LogP contribution in [0.15, 0.2) is 23.5 Å². The van der Waals surface area contributed by atoms with E-state index in [1.165, 1.54) is 0 Å². The molecule has 0 aromatic heterocycles. The Hall–Kier alpha value is -0.960. The first-order valence-electron chi connectivity index (χ1n) is 2.77. The van der Waals surface area contributed by atoms with E-state index < -0.39 is 0 Å². The van der Waals surface area contributed by atoms with Crippen LogP contribution in [0, 0.1) is 0 Å². The van der Waals surface area contributed by atoms with Crippen LogP contribution in [0.25, 0.3) is 0 Å². The molecule has 5 N–H and O–H groups in total. The quantitative estimate of drug-likeness (QED) is 0.282. The topological polar surface area (TPSA) is 64.1 Å². The Kier molecular flexibility index (Phi) is 3.55. The lowest BCUT2D eigenvalue weighted by Crippen LogP contribution is -2.16. The van der Waals surface area contributed by atoms with Crippen molar-refractivity contribution in [3.05, 3.63) is 23.5 Å². The summed E-state index contributed by atoms with van der Waals surface area (Å²) in [5, 5.41) is 0. The van der Waals surface area contributed by atoms with Crippen molar-refractivity contribution in [3.63, 3.8) is 0 Å². The Balaban J connectivity index is 4.03. The predicted octanol–water partition coefficient (Wildman–Crippen LogP) is 0.216. The third kappa shape index (κ3) is 2.77. The van der Waals surface area contributed by atoms with Crippen LogP contribution in [0.2, 0.25) is 0 Å². The van der Waals surface area contributed by atoms with Gasteiger partial charge in [0.15, 0.2) is 0 Å². The molecule has 0 rings (SSSR count). The largest absolute Gasteiger partial charge is 0.397 e. The zero-order chi connectivity index (χ0) is 7.28. The maximum Gasteiger partial charge on any atom is 0.0514 e. The number of allylic oxidation sites excluding steroid dienone is 2. The minimum Gasteiger partial charge on any atom is -0.397 e. The minimum atomic E-state index is 0.667. The highest BCUT2D eigenvalue weighted by atomic mass is 15.2. The van der Waals surface area contributed by atoms with Crippen LogP contribution in [-0.4, -0.2) is 0 Å². The fraction of sp³-hybridized carbons (Fsp3) is 0.333. The van der Waals surface area contributed by atoms with Crippen LogP contribution in [-0.2, 0) is 0 Å². The average Bonchev–Trinajstić information content (AvgIpc) is 1.87. The monoisotopic (exact) mass is 127 g/mol. The van der Waals surface area contributed by atoms with E-state index in [1.807, 2.05) is 19.9 Å². The van der Waals surface area contributed by atoms with Crippen molar-refractivity contribution in [2.45, 2.75) is 13.8 Å². The summed E-state index contributed by atoms with van der Waals surface area (Å²) in [6.07, 6.45) is 3.47. The Morgan fingerprint density at radius 2 is 2.11 bits per heavy atom. The van der Waals surface area contributed by atoms with E-state index in [-0.39, 0.29) is 0 Å². The van der Waals surface area contributed by atoms with Crippen LogP contribution in [0.4, 0.5) is 0 Å². The molecule has 0 aliphatic carbocycles. The van der Waals surface area contributed by atoms with Gasteiger partial charge in [-0.1, -0.05) is 6.08 Å². The Morgan fingerprint density at radius 3 is 2.44 bits per heavy atom. The molecule has 0 saturated carbocycles. The van der Waals surface area contributed by atoms with Crippen LogP contribution >= 0.6 is 0 Å². The van der Waals surface area contributed by atoms with Gasteiger partial charge < -0.3 is 11.2 Å². The highest BCUT2D eigenvalue weighted by molar-refractivity contribution is 5.24. The smallest absolute Gasteiger partial charge is 0.0514 e. The van der Waals surface area contributed by atoms with Crippen LogP contribution < -0.4 is 17.0 Å². The molecule has 3 heteroatoms. The van der Waals surface area contributed by atoms with E-state index >= 15 is 0 Å². The van der Waals surface area contributed by atoms with E-state index in [0.717, 1.165) is 5.57 Å². The zero-order valence-electron chi connectivity index (χ0n) is 5.81. The van der Waals surface area contributed by atoms with Crippen molar-refractivity contribution in [1.29, 1.82) is 0 Å². The molecule has 0 unspecified atom stereocenters. The molecule has 0 spiro atoms. The molecule has 0 amide bonds. The van der Waals surface area contributed by atoms with Gasteiger partial charge >= 0.3 is 0 Å². The van der Waals surface area contributed by atoms with Gasteiger partial charge in [0.25, 0.3) is 0 Å². The summed E-state index contributed by atoms with van der Waals surface area (Å²) in [6, 6.07) is 0. The average molecular weight is 127 g/mol. The van der Waals surface area contributed by atoms with Crippen molar-refractivity contribution < 1.29 is 0 Å². The lowest BCUT2D eigenvalue weighted by atomic mass is 10.2. The van der Waals surface area contributed by atoms with Gasteiger partial charge in [-0.15, -0.1) is 0 Å². The predicted molar refractivity (Wildman–Crippen MR) is 39.0 cm³/mol. The molecule has 0 saturated heterocycles. The first-order valence-corrected chi connectivity index (χ1v) is 2.77. The van der Waals surface area contributed by atoms with E-state index in [2.05, 4.69) is 5.43 Å². The first-order chi connectivity index (χ1) is 4.22. The zero-order valence-corrected chi connectivity index (χ0v) is 5.81. The second-order valence-corrected chi connectivity index (χ2v) is 1.74. The van der Waals surface area contributed by atoms with Gasteiger partial charge in [0, 0.05) is 6.20 Å². The van der Waals surface area contributed by atoms with Gasteiger partial charge in [0.2, 0.25) is 0 Å². The third-order valence-corrected chi connectivity index (χ3v) is 1.13. The third-order valence-electron chi connectivity index (χ3n) is 1.13. The summed E-state index contributed by atoms with van der Waals surface area (Å²) >= 11 is 0. The van der Waals surface area contributed by atoms with Gasteiger partial charge in [-0.2, -0.15) is 0 Å². The second-order valence-electron chi connectivity index (χ2n) is 1.74. The lowest BCUT2D eigenvalue weighted by molar-refractivity contribution is 0.948. The molecule has 9 heavy (non-hydrogen) atoms. The molecular weight excluding hydrogens is 114 g/mol. The molecule has 0 atom stereocenters. The van der Waals surface area contributed by atoms with Gasteiger partial charge in [-0.3, -0.25) is 5.84 Å². The van der Waals surface area contributed by atoms with Gasteiger partial charge in [0.05, 0.1) is 5.70 Å². The standard InChI is InChI=1S/C6H13N3/c1-3-5(2)6(7)4-9-8/h3-4,9H,7-8H2,1-2H3/b5-3+,6-4-. The molecular formula is C6H13N3. The Bertz CT molecular complexity index is 135. The fourth-order valence-electron chi connectivity index (χ4n) is 0.370. The van der Waals surface area contributed by atoms with Crippen molar-refractivity contribution in [2.75, 3.05) is 0 Å². The summed E-state index contributed by atoms with van der Waals surface area (Å²) in [5.74, 6) is 4.99. The maximum atomic E-state index is 5.49. The van der Waals surface area contributed by atoms with Gasteiger partial charge in [0.1, 0.15) is 0 Å². The van der Waals surface area contributed by atoms with Crippen molar-refractivity contribution in [1.82, 2.24) is 5.43 Å². The number of hydrazine groups is 1. The molecule has 0 radical (unpaired) electrons. The molecule has 0 aromatic rings. The van der Waals surface area contributed by atoms with Crippen molar-refractivity contribution in [3.8, 4) is 0 Å². The van der Waals surface area contributed by atoms with E-state index in [4.69, 9.17) is 11.6 Å². The number of hydrogen-bond acceptors (Lipinski definition) is 3. The minimum absolute atomic E-state index is 0.667. The first kappa shape index (κ1) is 8.04. The molecule has 3 nitrogen and oxygen atoms in total. The van der Waals surface area contributed by atoms with Crippen molar-refractivity contribution in [2.24, 2.45) is 11.6 Å². The molecule has 0 heterocycles. The molecule has 0 aromatic carbocycles. The number of nitrogens with one attached hydrogen (secondary N) is 1. The van der Waals surface area contributed by atoms with E-state index in [0.29, 0.717) is 5.70 Å². The van der Waals surface area contributed by atoms with Crippen molar-refractivity contribution >= 4 is 0 Å². The van der Waals surface area contributed by atoms with Crippen LogP contribution in [0.5, 0.6) is 0 Å². The molecule has 0 bridgehead atoms. The normalized spacial score (nSPS) is 13.7. The summed E-state index contributed by atoms with van der Waals surface area (Å²) in [6.45, 7) is 3.84. The van der Waals surface area contributed by atoms with Gasteiger partial charge in [-0.25, -0.2) is 0 Å². The molecule has 0 aliphatic heterocycles. The van der Waals surface area contributed by atoms with E-state index in [1.54, 1.807) is 6.20 Å². The summed E-state index contributed by atoms with van der Waals surface area (Å²) in [4.78, 5) is 0. The van der Waals surface area contributed by atoms with Crippen LogP contribution in [0.1, 0.15) is 13.8 Å². The SMILES string of the molecule is C/C=C(C)/C(N)=C/NN. The Labute approximate surface area is 55.4 Å². The number of hydrogen-bond donors (Lipinski definition) is 3. The number of rotatable bonds is 2. The second kappa shape index (κ2) is 3.97. The summed E-state index contributed by atoms with van der Waals surface area (Å²) < 4.78 is 0. The maximum absolute atomic E-state index is 5.49. The molecule has 0 fully saturated rings. The van der Waals surface area contributed by atoms with E-state index in [9.17, 15) is 0 Å². The Morgan fingerprint density at radius 1 is 1.56 bits per heavy atom. The molecule has 0 aliphatic rings. The molecule has 52 valence electrons. The highest BCUT2D eigenvalue weighted by Gasteiger charge is 1.87. The summed E-state index contributed by atoms with van der Waals surface area (Å²) in [7, 11) is 0. The van der Waals surface area contributed by atoms with Gasteiger partial charge in [-0.05, 0) is 19.4 Å².